The van der Waals surface area contributed by atoms with E-state index in [4.69, 9.17) is 9.05 Å². The van der Waals surface area contributed by atoms with E-state index < -0.39 is 0 Å². The van der Waals surface area contributed by atoms with E-state index in [2.05, 4.69) is 83.1 Å². The van der Waals surface area contributed by atoms with E-state index in [-0.39, 0.29) is 9.03 Å². The van der Waals surface area contributed by atoms with Crippen molar-refractivity contribution in [2.75, 3.05) is 0 Å². The van der Waals surface area contributed by atoms with Crippen LogP contribution in [0.5, 0.6) is 5.75 Å². The first-order valence-corrected chi connectivity index (χ1v) is 7.29. The van der Waals surface area contributed by atoms with Gasteiger partial charge in [0, 0.05) is 35.5 Å². The summed E-state index contributed by atoms with van der Waals surface area (Å²) in [6, 6.07) is 9.31. The first-order valence-electron chi connectivity index (χ1n) is 6.48. The summed E-state index contributed by atoms with van der Waals surface area (Å²) in [5, 5.41) is 0. The van der Waals surface area contributed by atoms with Gasteiger partial charge in [0.2, 0.25) is 0 Å². The fourth-order valence-electron chi connectivity index (χ4n) is 1.00. The summed E-state index contributed by atoms with van der Waals surface area (Å²) < 4.78 is 10.3. The van der Waals surface area contributed by atoms with Gasteiger partial charge in [-0.1, -0.05) is 24.1 Å². The molecule has 0 heterocycles. The summed E-state index contributed by atoms with van der Waals surface area (Å²) in [5.41, 5.74) is 0. The van der Waals surface area contributed by atoms with E-state index in [1.165, 1.54) is 0 Å². The normalized spacial score (nSPS) is 6.54. The molecule has 3 heteroatoms. The topological polar surface area (TPSA) is 18.5 Å². The summed E-state index contributed by atoms with van der Waals surface area (Å²) in [6.45, 7) is 1.70. The monoisotopic (exact) mass is 324 g/mol. The fourth-order valence-corrected chi connectivity index (χ4v) is 1.37. The molecule has 2 nitrogen and oxygen atoms in total. The molecule has 1 aromatic carbocycles. The van der Waals surface area contributed by atoms with Crippen LogP contribution >= 0.6 is 9.03 Å². The van der Waals surface area contributed by atoms with Crippen LogP contribution in [0.2, 0.25) is 0 Å². The summed E-state index contributed by atoms with van der Waals surface area (Å²) in [6.07, 6.45) is 2.40. The van der Waals surface area contributed by atoms with Crippen molar-refractivity contribution in [3.8, 4) is 88.8 Å². The van der Waals surface area contributed by atoms with Crippen LogP contribution in [0.15, 0.2) is 30.3 Å². The lowest BCUT2D eigenvalue weighted by Crippen LogP contribution is -1.77. The van der Waals surface area contributed by atoms with Crippen LogP contribution in [0.4, 0.5) is 0 Å². The molecule has 0 aromatic heterocycles. The molecular weight excluding hydrogens is 315 g/mol. The molecule has 0 saturated heterocycles. The molecule has 0 N–H and O–H groups in total. The van der Waals surface area contributed by atoms with Gasteiger partial charge in [0.25, 0.3) is 9.03 Å². The molecule has 1 aromatic rings. The van der Waals surface area contributed by atoms with Crippen molar-refractivity contribution in [3.63, 3.8) is 0 Å². The van der Waals surface area contributed by atoms with Gasteiger partial charge in [0.15, 0.2) is 0 Å². The van der Waals surface area contributed by atoms with Gasteiger partial charge in [0.1, 0.15) is 11.9 Å². The van der Waals surface area contributed by atoms with Gasteiger partial charge in [0.05, 0.1) is 0 Å². The second-order valence-electron chi connectivity index (χ2n) is 3.45. The first kappa shape index (κ1) is 18.2. The van der Waals surface area contributed by atoms with Crippen LogP contribution in [-0.4, -0.2) is 0 Å². The zero-order valence-corrected chi connectivity index (χ0v) is 13.7. The molecule has 0 spiro atoms. The highest BCUT2D eigenvalue weighted by molar-refractivity contribution is 7.26. The molecule has 1 rings (SSSR count). The number of hydrogen-bond acceptors (Lipinski definition) is 2. The van der Waals surface area contributed by atoms with Gasteiger partial charge in [-0.25, -0.2) is 0 Å². The Bertz CT molecular complexity index is 973. The Morgan fingerprint density at radius 1 is 0.667 bits per heavy atom. The van der Waals surface area contributed by atoms with Crippen molar-refractivity contribution in [3.05, 3.63) is 30.3 Å². The van der Waals surface area contributed by atoms with E-state index in [0.29, 0.717) is 0 Å². The van der Waals surface area contributed by atoms with Crippen molar-refractivity contribution >= 4 is 9.03 Å². The van der Waals surface area contributed by atoms with Crippen LogP contribution in [0.25, 0.3) is 0 Å². The zero-order valence-electron chi connectivity index (χ0n) is 12.7. The van der Waals surface area contributed by atoms with Crippen LogP contribution < -0.4 is 4.52 Å². The minimum Gasteiger partial charge on any atom is -0.440 e. The quantitative estimate of drug-likeness (QED) is 0.483. The molecule has 24 heavy (non-hydrogen) atoms. The molecule has 0 fully saturated rings. The minimum atomic E-state index is -0.213. The SMILES string of the molecule is CC#CC#CC#CC#CC#CC#CC#COPOc1ccccc1. The van der Waals surface area contributed by atoms with Gasteiger partial charge in [-0.3, -0.25) is 0 Å². The van der Waals surface area contributed by atoms with Gasteiger partial charge in [-0.05, 0) is 54.6 Å². The van der Waals surface area contributed by atoms with E-state index in [1.807, 2.05) is 30.3 Å². The predicted octanol–water partition coefficient (Wildman–Crippen LogP) is 2.59. The molecule has 0 radical (unpaired) electrons. The number of rotatable bonds is 3. The first-order chi connectivity index (χ1) is 11.9. The largest absolute Gasteiger partial charge is 0.440 e. The second-order valence-corrected chi connectivity index (χ2v) is 4.03. The second kappa shape index (κ2) is 14.1. The summed E-state index contributed by atoms with van der Waals surface area (Å²) in [4.78, 5) is 0. The van der Waals surface area contributed by atoms with Crippen molar-refractivity contribution in [2.45, 2.75) is 6.92 Å². The minimum absolute atomic E-state index is 0.213. The molecule has 110 valence electrons. The lowest BCUT2D eigenvalue weighted by molar-refractivity contribution is 0.493. The van der Waals surface area contributed by atoms with Crippen molar-refractivity contribution in [1.29, 1.82) is 0 Å². The summed E-state index contributed by atoms with van der Waals surface area (Å²) in [7, 11) is -0.213. The third kappa shape index (κ3) is 10.9. The predicted molar refractivity (Wildman–Crippen MR) is 96.6 cm³/mol. The zero-order chi connectivity index (χ0) is 17.1. The van der Waals surface area contributed by atoms with E-state index in [1.54, 1.807) is 6.92 Å². The standard InChI is InChI=1S/C21H9O2P/c1-2-3-4-5-6-7-8-9-10-11-12-13-17-20-22-24-23-21-18-15-14-16-19-21/h14-16,18-19,24H,1H3. The maximum absolute atomic E-state index is 5.30. The number of para-hydroxylation sites is 1. The Kier molecular flexibility index (Phi) is 10.7. The molecule has 0 aliphatic heterocycles. The van der Waals surface area contributed by atoms with Crippen LogP contribution in [0.3, 0.4) is 0 Å². The van der Waals surface area contributed by atoms with Gasteiger partial charge >= 0.3 is 0 Å². The van der Waals surface area contributed by atoms with Gasteiger partial charge in [-0.2, -0.15) is 0 Å². The highest BCUT2D eigenvalue weighted by atomic mass is 31.1. The fraction of sp³-hybridized carbons (Fsp3) is 0.0476. The van der Waals surface area contributed by atoms with Crippen LogP contribution in [-0.2, 0) is 4.52 Å². The Morgan fingerprint density at radius 3 is 1.71 bits per heavy atom. The van der Waals surface area contributed by atoms with E-state index in [0.717, 1.165) is 5.75 Å². The van der Waals surface area contributed by atoms with Crippen molar-refractivity contribution < 1.29 is 9.05 Å². The molecule has 0 aliphatic rings. The number of hydrogen-bond donors (Lipinski definition) is 0. The summed E-state index contributed by atoms with van der Waals surface area (Å²) in [5.74, 6) is 33.6. The maximum Gasteiger partial charge on any atom is 0.285 e. The highest BCUT2D eigenvalue weighted by Gasteiger charge is 1.89. The molecule has 0 bridgehead atoms. The molecule has 0 amide bonds. The Balaban J connectivity index is 2.26. The molecule has 0 aliphatic carbocycles. The average Bonchev–Trinajstić information content (AvgIpc) is 2.62. The van der Waals surface area contributed by atoms with Crippen LogP contribution in [0, 0.1) is 83.1 Å². The van der Waals surface area contributed by atoms with Gasteiger partial charge < -0.3 is 9.05 Å². The third-order valence-electron chi connectivity index (χ3n) is 1.86. The highest BCUT2D eigenvalue weighted by Crippen LogP contribution is 2.19. The number of benzene rings is 1. The van der Waals surface area contributed by atoms with Crippen molar-refractivity contribution in [1.82, 2.24) is 0 Å². The molecule has 0 saturated carbocycles. The van der Waals surface area contributed by atoms with Gasteiger partial charge in [-0.15, -0.1) is 0 Å². The molecule has 1 unspecified atom stereocenters. The Labute approximate surface area is 144 Å². The summed E-state index contributed by atoms with van der Waals surface area (Å²) >= 11 is 0. The average molecular weight is 324 g/mol. The Hall–Kier alpha value is -3.83. The third-order valence-corrected chi connectivity index (χ3v) is 2.36. The smallest absolute Gasteiger partial charge is 0.285 e. The maximum atomic E-state index is 5.30. The van der Waals surface area contributed by atoms with Crippen molar-refractivity contribution in [2.24, 2.45) is 0 Å². The molecule has 1 atom stereocenters. The van der Waals surface area contributed by atoms with E-state index in [9.17, 15) is 0 Å². The van der Waals surface area contributed by atoms with Crippen LogP contribution in [0.1, 0.15) is 6.92 Å². The van der Waals surface area contributed by atoms with E-state index >= 15 is 0 Å². The Morgan fingerprint density at radius 2 is 1.17 bits per heavy atom. The molecular formula is C21H9O2P. The lowest BCUT2D eigenvalue weighted by atomic mass is 10.3. The lowest BCUT2D eigenvalue weighted by Gasteiger charge is -2.00.